The van der Waals surface area contributed by atoms with E-state index in [1.807, 2.05) is 6.92 Å². The number of hydrogen-bond acceptors (Lipinski definition) is 6. The van der Waals surface area contributed by atoms with Gasteiger partial charge in [-0.25, -0.2) is 4.79 Å². The van der Waals surface area contributed by atoms with E-state index in [4.69, 9.17) is 16.3 Å². The van der Waals surface area contributed by atoms with Crippen LogP contribution in [0.25, 0.3) is 16.5 Å². The summed E-state index contributed by atoms with van der Waals surface area (Å²) < 4.78 is 6.19. The third-order valence-electron chi connectivity index (χ3n) is 3.90. The van der Waals surface area contributed by atoms with E-state index in [2.05, 4.69) is 10.4 Å². The molecule has 3 aromatic rings. The van der Waals surface area contributed by atoms with Crippen LogP contribution in [0.4, 0.5) is 5.00 Å². The third-order valence-corrected chi connectivity index (χ3v) is 5.03. The van der Waals surface area contributed by atoms with E-state index in [0.29, 0.717) is 33.9 Å². The number of nitrogens with one attached hydrogen (secondary N) is 1. The van der Waals surface area contributed by atoms with Crippen LogP contribution in [0.3, 0.4) is 0 Å². The molecule has 1 amide bonds. The Bertz CT molecular complexity index is 1110. The van der Waals surface area contributed by atoms with Crippen molar-refractivity contribution in [2.24, 2.45) is 0 Å². The predicted molar refractivity (Wildman–Crippen MR) is 110 cm³/mol. The van der Waals surface area contributed by atoms with Gasteiger partial charge in [-0.15, -0.1) is 11.3 Å². The SMILES string of the molecule is CCCC(=O)Nc1scc2c(C(=O)OCC)nn(-c3cccc(Cl)c3)c(=O)c12. The van der Waals surface area contributed by atoms with Crippen LogP contribution >= 0.6 is 22.9 Å². The van der Waals surface area contributed by atoms with E-state index >= 15 is 0 Å². The first-order valence-electron chi connectivity index (χ1n) is 8.73. The van der Waals surface area contributed by atoms with Crippen molar-refractivity contribution in [3.8, 4) is 5.69 Å². The topological polar surface area (TPSA) is 90.3 Å². The summed E-state index contributed by atoms with van der Waals surface area (Å²) in [6.45, 7) is 3.75. The summed E-state index contributed by atoms with van der Waals surface area (Å²) in [5, 5.41) is 9.96. The van der Waals surface area contributed by atoms with Crippen molar-refractivity contribution in [2.75, 3.05) is 11.9 Å². The van der Waals surface area contributed by atoms with Gasteiger partial charge in [-0.05, 0) is 31.5 Å². The number of carbonyl (C=O) groups is 2. The van der Waals surface area contributed by atoms with Gasteiger partial charge < -0.3 is 10.1 Å². The predicted octanol–water partition coefficient (Wildman–Crippen LogP) is 4.02. The minimum absolute atomic E-state index is 0.00339. The smallest absolute Gasteiger partial charge is 0.359 e. The van der Waals surface area contributed by atoms with Gasteiger partial charge in [0.05, 0.1) is 17.7 Å². The van der Waals surface area contributed by atoms with Crippen molar-refractivity contribution in [1.82, 2.24) is 9.78 Å². The van der Waals surface area contributed by atoms with Crippen LogP contribution in [-0.4, -0.2) is 28.3 Å². The molecule has 7 nitrogen and oxygen atoms in total. The Balaban J connectivity index is 2.26. The lowest BCUT2D eigenvalue weighted by Gasteiger charge is -2.10. The maximum absolute atomic E-state index is 13.2. The lowest BCUT2D eigenvalue weighted by molar-refractivity contribution is -0.116. The maximum Gasteiger partial charge on any atom is 0.359 e. The Kier molecular flexibility index (Phi) is 6.11. The Morgan fingerprint density at radius 2 is 2.11 bits per heavy atom. The van der Waals surface area contributed by atoms with Gasteiger partial charge in [-0.1, -0.05) is 24.6 Å². The second-order valence-electron chi connectivity index (χ2n) is 5.92. The van der Waals surface area contributed by atoms with Crippen LogP contribution in [0.5, 0.6) is 0 Å². The number of benzene rings is 1. The summed E-state index contributed by atoms with van der Waals surface area (Å²) in [5.74, 6) is -0.845. The number of esters is 1. The molecular formula is C19H18ClN3O4S. The summed E-state index contributed by atoms with van der Waals surface area (Å²) in [4.78, 5) is 37.6. The molecule has 0 aliphatic rings. The molecule has 0 saturated carbocycles. The highest BCUT2D eigenvalue weighted by Gasteiger charge is 2.23. The van der Waals surface area contributed by atoms with Crippen LogP contribution < -0.4 is 10.9 Å². The van der Waals surface area contributed by atoms with E-state index in [1.54, 1.807) is 36.6 Å². The number of anilines is 1. The van der Waals surface area contributed by atoms with Gasteiger partial charge in [-0.2, -0.15) is 9.78 Å². The van der Waals surface area contributed by atoms with Crippen LogP contribution in [0.1, 0.15) is 37.2 Å². The van der Waals surface area contributed by atoms with Crippen molar-refractivity contribution < 1.29 is 14.3 Å². The van der Waals surface area contributed by atoms with Crippen molar-refractivity contribution in [3.05, 3.63) is 50.7 Å². The fourth-order valence-electron chi connectivity index (χ4n) is 2.69. The zero-order valence-corrected chi connectivity index (χ0v) is 16.9. The molecule has 2 heterocycles. The second-order valence-corrected chi connectivity index (χ2v) is 7.23. The van der Waals surface area contributed by atoms with Gasteiger partial charge >= 0.3 is 5.97 Å². The molecule has 146 valence electrons. The highest BCUT2D eigenvalue weighted by Crippen LogP contribution is 2.31. The normalized spacial score (nSPS) is 10.8. The first kappa shape index (κ1) is 20.0. The first-order chi connectivity index (χ1) is 13.5. The molecular weight excluding hydrogens is 402 g/mol. The number of fused-ring (bicyclic) bond motifs is 1. The van der Waals surface area contributed by atoms with Crippen molar-refractivity contribution in [1.29, 1.82) is 0 Å². The van der Waals surface area contributed by atoms with Gasteiger partial charge in [0, 0.05) is 22.2 Å². The number of amides is 1. The zero-order valence-electron chi connectivity index (χ0n) is 15.3. The van der Waals surface area contributed by atoms with Crippen molar-refractivity contribution >= 4 is 50.6 Å². The summed E-state index contributed by atoms with van der Waals surface area (Å²) in [6, 6.07) is 6.57. The Morgan fingerprint density at radius 1 is 1.32 bits per heavy atom. The molecule has 1 N–H and O–H groups in total. The Labute approximate surface area is 169 Å². The molecule has 1 aromatic carbocycles. The molecule has 0 aliphatic heterocycles. The Hall–Kier alpha value is -2.71. The van der Waals surface area contributed by atoms with E-state index in [1.165, 1.54) is 11.3 Å². The van der Waals surface area contributed by atoms with Gasteiger partial charge in [0.25, 0.3) is 5.56 Å². The number of hydrogen-bond donors (Lipinski definition) is 1. The fourth-order valence-corrected chi connectivity index (χ4v) is 3.83. The molecule has 0 aliphatic carbocycles. The quantitative estimate of drug-likeness (QED) is 0.609. The first-order valence-corrected chi connectivity index (χ1v) is 9.99. The molecule has 0 fully saturated rings. The summed E-state index contributed by atoms with van der Waals surface area (Å²) in [6.07, 6.45) is 1.01. The second kappa shape index (κ2) is 8.53. The number of halogens is 1. The molecule has 0 saturated heterocycles. The maximum atomic E-state index is 13.2. The van der Waals surface area contributed by atoms with Gasteiger partial charge in [-0.3, -0.25) is 9.59 Å². The molecule has 0 radical (unpaired) electrons. The molecule has 9 heteroatoms. The molecule has 3 rings (SSSR count). The third kappa shape index (κ3) is 3.93. The minimum Gasteiger partial charge on any atom is -0.461 e. The summed E-state index contributed by atoms with van der Waals surface area (Å²) >= 11 is 7.21. The number of nitrogens with zero attached hydrogens (tertiary/aromatic N) is 2. The number of thiophene rings is 1. The zero-order chi connectivity index (χ0) is 20.3. The fraction of sp³-hybridized carbons (Fsp3) is 0.263. The number of aromatic nitrogens is 2. The van der Waals surface area contributed by atoms with E-state index in [9.17, 15) is 14.4 Å². The lowest BCUT2D eigenvalue weighted by atomic mass is 10.2. The highest BCUT2D eigenvalue weighted by molar-refractivity contribution is 7.16. The van der Waals surface area contributed by atoms with Crippen LogP contribution in [0.15, 0.2) is 34.4 Å². The van der Waals surface area contributed by atoms with Gasteiger partial charge in [0.2, 0.25) is 5.91 Å². The Morgan fingerprint density at radius 3 is 2.79 bits per heavy atom. The molecule has 0 spiro atoms. The molecule has 0 unspecified atom stereocenters. The lowest BCUT2D eigenvalue weighted by Crippen LogP contribution is -2.25. The monoisotopic (exact) mass is 419 g/mol. The van der Waals surface area contributed by atoms with Crippen LogP contribution in [-0.2, 0) is 9.53 Å². The van der Waals surface area contributed by atoms with E-state index < -0.39 is 11.5 Å². The summed E-state index contributed by atoms with van der Waals surface area (Å²) in [5.41, 5.74) is -0.0518. The van der Waals surface area contributed by atoms with Crippen LogP contribution in [0, 0.1) is 0 Å². The highest BCUT2D eigenvalue weighted by atomic mass is 35.5. The van der Waals surface area contributed by atoms with E-state index in [0.717, 1.165) is 4.68 Å². The van der Waals surface area contributed by atoms with Gasteiger partial charge in [0.1, 0.15) is 5.00 Å². The standard InChI is InChI=1S/C19H18ClN3O4S/c1-3-6-14(24)21-17-15-13(10-28-17)16(19(26)27-4-2)22-23(18(15)25)12-8-5-7-11(20)9-12/h5,7-10H,3-4,6H2,1-2H3,(H,21,24). The largest absolute Gasteiger partial charge is 0.461 e. The molecule has 0 atom stereocenters. The molecule has 28 heavy (non-hydrogen) atoms. The number of ether oxygens (including phenoxy) is 1. The summed E-state index contributed by atoms with van der Waals surface area (Å²) in [7, 11) is 0. The van der Waals surface area contributed by atoms with E-state index in [-0.39, 0.29) is 23.6 Å². The van der Waals surface area contributed by atoms with Gasteiger partial charge in [0.15, 0.2) is 5.69 Å². The number of rotatable bonds is 6. The average Bonchev–Trinajstić information content (AvgIpc) is 3.06. The molecule has 0 bridgehead atoms. The average molecular weight is 420 g/mol. The van der Waals surface area contributed by atoms with Crippen molar-refractivity contribution in [3.63, 3.8) is 0 Å². The molecule has 2 aromatic heterocycles. The number of carbonyl (C=O) groups excluding carboxylic acids is 2. The minimum atomic E-state index is -0.646. The van der Waals surface area contributed by atoms with Crippen molar-refractivity contribution in [2.45, 2.75) is 26.7 Å². The van der Waals surface area contributed by atoms with Crippen LogP contribution in [0.2, 0.25) is 5.02 Å².